The highest BCUT2D eigenvalue weighted by Crippen LogP contribution is 2.43. The van der Waals surface area contributed by atoms with E-state index < -0.39 is 28.0 Å². The zero-order valence-electron chi connectivity index (χ0n) is 19.4. The number of nitrogens with zero attached hydrogens (tertiary/aromatic N) is 1. The number of rotatable bonds is 6. The lowest BCUT2D eigenvalue weighted by Gasteiger charge is -2.31. The van der Waals surface area contributed by atoms with E-state index in [-0.39, 0.29) is 10.8 Å². The number of benzene rings is 3. The maximum absolute atomic E-state index is 13.5. The van der Waals surface area contributed by atoms with Gasteiger partial charge in [0.15, 0.2) is 0 Å². The molecule has 0 aliphatic carbocycles. The Labute approximate surface area is 213 Å². The number of aryl methyl sites for hydroxylation is 1. The largest absolute Gasteiger partial charge is 0.358 e. The van der Waals surface area contributed by atoms with Crippen LogP contribution in [0.25, 0.3) is 10.9 Å². The van der Waals surface area contributed by atoms with Crippen LogP contribution in [0, 0.1) is 6.92 Å². The van der Waals surface area contributed by atoms with Gasteiger partial charge in [0.2, 0.25) is 0 Å². The van der Waals surface area contributed by atoms with Crippen molar-refractivity contribution in [2.45, 2.75) is 30.8 Å². The fourth-order valence-electron chi connectivity index (χ4n) is 4.70. The minimum atomic E-state index is -4.04. The van der Waals surface area contributed by atoms with Crippen LogP contribution in [0.15, 0.2) is 77.7 Å². The minimum Gasteiger partial charge on any atom is -0.358 e. The van der Waals surface area contributed by atoms with Gasteiger partial charge in [-0.25, -0.2) is 8.42 Å². The molecule has 1 aliphatic heterocycles. The monoisotopic (exact) mass is 522 g/mol. The van der Waals surface area contributed by atoms with Gasteiger partial charge >= 0.3 is 0 Å². The molecule has 1 aromatic heterocycles. The third-order valence-electron chi connectivity index (χ3n) is 6.44. The second-order valence-corrected chi connectivity index (χ2v) is 10.8. The molecule has 0 spiro atoms. The maximum Gasteiger partial charge on any atom is 0.257 e. The van der Waals surface area contributed by atoms with Gasteiger partial charge in [-0.3, -0.25) is 15.0 Å². The number of halogens is 1. The first-order valence-electron chi connectivity index (χ1n) is 11.2. The summed E-state index contributed by atoms with van der Waals surface area (Å²) in [4.78, 5) is 33.6. The average molecular weight is 523 g/mol. The molecule has 5 rings (SSSR count). The topological polar surface area (TPSA) is 111 Å². The molecule has 2 heterocycles. The van der Waals surface area contributed by atoms with Gasteiger partial charge in [0.25, 0.3) is 21.8 Å². The molecule has 36 heavy (non-hydrogen) atoms. The van der Waals surface area contributed by atoms with Gasteiger partial charge in [-0.05, 0) is 55.8 Å². The van der Waals surface area contributed by atoms with E-state index in [1.54, 1.807) is 19.1 Å². The Morgan fingerprint density at radius 1 is 1.03 bits per heavy atom. The van der Waals surface area contributed by atoms with Crippen molar-refractivity contribution in [1.29, 1.82) is 0 Å². The SMILES string of the molecule is Cc1[nH]c2ccccc2c1C1c2ccccc2C(=O)N1C(C)C(=O)NNS(=O)(=O)c1ccc(Cl)cc1. The number of H-pyrrole nitrogens is 1. The zero-order valence-corrected chi connectivity index (χ0v) is 21.0. The molecule has 0 saturated heterocycles. The number of hydrogen-bond donors (Lipinski definition) is 3. The van der Waals surface area contributed by atoms with Crippen molar-refractivity contribution < 1.29 is 18.0 Å². The molecule has 4 aromatic rings. The molecule has 2 amide bonds. The van der Waals surface area contributed by atoms with Gasteiger partial charge in [-0.1, -0.05) is 48.0 Å². The van der Waals surface area contributed by atoms with E-state index in [1.807, 2.05) is 43.3 Å². The molecule has 10 heteroatoms. The van der Waals surface area contributed by atoms with Crippen molar-refractivity contribution in [1.82, 2.24) is 20.1 Å². The Balaban J connectivity index is 1.47. The number of hydrogen-bond acceptors (Lipinski definition) is 4. The fraction of sp³-hybridized carbons (Fsp3) is 0.154. The van der Waals surface area contributed by atoms with Crippen LogP contribution in [0.4, 0.5) is 0 Å². The van der Waals surface area contributed by atoms with Gasteiger partial charge in [0.1, 0.15) is 6.04 Å². The Morgan fingerprint density at radius 3 is 2.44 bits per heavy atom. The van der Waals surface area contributed by atoms with Crippen molar-refractivity contribution >= 4 is 44.3 Å². The quantitative estimate of drug-likeness (QED) is 0.331. The van der Waals surface area contributed by atoms with Crippen molar-refractivity contribution in [2.24, 2.45) is 0 Å². The molecular weight excluding hydrogens is 500 g/mol. The van der Waals surface area contributed by atoms with Crippen LogP contribution < -0.4 is 10.3 Å². The number of aromatic amines is 1. The van der Waals surface area contributed by atoms with Crippen molar-refractivity contribution in [3.05, 3.63) is 100 Å². The zero-order chi connectivity index (χ0) is 25.6. The Morgan fingerprint density at radius 2 is 1.69 bits per heavy atom. The van der Waals surface area contributed by atoms with E-state index in [0.717, 1.165) is 27.7 Å². The van der Waals surface area contributed by atoms with Crippen LogP contribution in [0.2, 0.25) is 5.02 Å². The molecule has 184 valence electrons. The highest BCUT2D eigenvalue weighted by Gasteiger charge is 2.43. The number of hydrazine groups is 1. The molecule has 3 aromatic carbocycles. The van der Waals surface area contributed by atoms with Crippen LogP contribution in [0.1, 0.15) is 40.1 Å². The summed E-state index contributed by atoms with van der Waals surface area (Å²) in [5, 5.41) is 1.34. The molecule has 0 saturated carbocycles. The Bertz CT molecular complexity index is 1600. The smallest absolute Gasteiger partial charge is 0.257 e. The van der Waals surface area contributed by atoms with Gasteiger partial charge in [0, 0.05) is 32.7 Å². The summed E-state index contributed by atoms with van der Waals surface area (Å²) in [6, 6.07) is 19.1. The van der Waals surface area contributed by atoms with Gasteiger partial charge in [-0.2, -0.15) is 0 Å². The van der Waals surface area contributed by atoms with E-state index in [9.17, 15) is 18.0 Å². The van der Waals surface area contributed by atoms with Crippen molar-refractivity contribution in [3.63, 3.8) is 0 Å². The van der Waals surface area contributed by atoms with Crippen molar-refractivity contribution in [2.75, 3.05) is 0 Å². The summed E-state index contributed by atoms with van der Waals surface area (Å²) in [6.45, 7) is 3.51. The molecule has 1 aliphatic rings. The van der Waals surface area contributed by atoms with Crippen LogP contribution in [0.3, 0.4) is 0 Å². The highest BCUT2D eigenvalue weighted by molar-refractivity contribution is 7.89. The van der Waals surface area contributed by atoms with Gasteiger partial charge in [-0.15, -0.1) is 4.83 Å². The van der Waals surface area contributed by atoms with Gasteiger partial charge < -0.3 is 9.88 Å². The number of nitrogens with one attached hydrogen (secondary N) is 3. The first kappa shape index (κ1) is 24.1. The molecular formula is C26H23ClN4O4S. The van der Waals surface area contributed by atoms with Crippen LogP contribution in [-0.4, -0.2) is 36.2 Å². The summed E-state index contributed by atoms with van der Waals surface area (Å²) in [7, 11) is -4.04. The minimum absolute atomic E-state index is 0.0585. The second kappa shape index (κ2) is 9.09. The van der Waals surface area contributed by atoms with Crippen molar-refractivity contribution in [3.8, 4) is 0 Å². The third-order valence-corrected chi connectivity index (χ3v) is 7.96. The first-order valence-corrected chi connectivity index (χ1v) is 13.1. The average Bonchev–Trinajstić information content (AvgIpc) is 3.35. The molecule has 2 atom stereocenters. The summed E-state index contributed by atoms with van der Waals surface area (Å²) in [6.07, 6.45) is 0. The van der Waals surface area contributed by atoms with Gasteiger partial charge in [0.05, 0.1) is 10.9 Å². The molecule has 3 N–H and O–H groups in total. The standard InChI is InChI=1S/C26H23ClN4O4S/c1-15-23(21-9-5-6-10-22(21)28-15)24-19-7-3-4-8-20(19)26(33)31(24)16(2)25(32)29-30-36(34,35)18-13-11-17(27)12-14-18/h3-14,16,24,28,30H,1-2H3,(H,29,32). The number of amides is 2. The summed E-state index contributed by atoms with van der Waals surface area (Å²) < 4.78 is 25.2. The van der Waals surface area contributed by atoms with E-state index in [1.165, 1.54) is 29.2 Å². The predicted molar refractivity (Wildman–Crippen MR) is 137 cm³/mol. The summed E-state index contributed by atoms with van der Waals surface area (Å²) in [5.41, 5.74) is 6.26. The fourth-order valence-corrected chi connectivity index (χ4v) is 5.68. The Hall–Kier alpha value is -3.66. The molecule has 0 fully saturated rings. The van der Waals surface area contributed by atoms with Crippen LogP contribution in [-0.2, 0) is 14.8 Å². The predicted octanol–water partition coefficient (Wildman–Crippen LogP) is 4.07. The lowest BCUT2D eigenvalue weighted by atomic mass is 9.95. The van der Waals surface area contributed by atoms with Crippen LogP contribution in [0.5, 0.6) is 0 Å². The lowest BCUT2D eigenvalue weighted by Crippen LogP contribution is -2.52. The third kappa shape index (κ3) is 4.05. The van der Waals surface area contributed by atoms with E-state index >= 15 is 0 Å². The summed E-state index contributed by atoms with van der Waals surface area (Å²) in [5.74, 6) is -0.973. The molecule has 8 nitrogen and oxygen atoms in total. The molecule has 2 unspecified atom stereocenters. The number of fused-ring (bicyclic) bond motifs is 2. The van der Waals surface area contributed by atoms with E-state index in [0.29, 0.717) is 10.6 Å². The van der Waals surface area contributed by atoms with E-state index in [4.69, 9.17) is 11.6 Å². The number of sulfonamides is 1. The second-order valence-electron chi connectivity index (χ2n) is 8.64. The highest BCUT2D eigenvalue weighted by atomic mass is 35.5. The molecule has 0 radical (unpaired) electrons. The van der Waals surface area contributed by atoms with Crippen LogP contribution >= 0.6 is 11.6 Å². The summed E-state index contributed by atoms with van der Waals surface area (Å²) >= 11 is 5.83. The molecule has 0 bridgehead atoms. The first-order chi connectivity index (χ1) is 17.2. The number of carbonyl (C=O) groups excluding carboxylic acids is 2. The number of aromatic nitrogens is 1. The Kier molecular flexibility index (Phi) is 6.07. The lowest BCUT2D eigenvalue weighted by molar-refractivity contribution is -0.126. The number of carbonyl (C=O) groups is 2. The maximum atomic E-state index is 13.5. The van der Waals surface area contributed by atoms with E-state index in [2.05, 4.69) is 15.2 Å². The normalized spacial score (nSPS) is 16.2. The number of para-hydroxylation sites is 1.